The van der Waals surface area contributed by atoms with Crippen molar-refractivity contribution in [3.8, 4) is 0 Å². The molecule has 1 fully saturated rings. The topological polar surface area (TPSA) is 133 Å². The predicted octanol–water partition coefficient (Wildman–Crippen LogP) is 3.60. The Kier molecular flexibility index (Phi) is 4.58. The van der Waals surface area contributed by atoms with Gasteiger partial charge in [-0.3, -0.25) is 4.79 Å². The minimum atomic E-state index is -0.244. The molecule has 3 aromatic rings. The Morgan fingerprint density at radius 3 is 2.90 bits per heavy atom. The van der Waals surface area contributed by atoms with Gasteiger partial charge in [0.2, 0.25) is 0 Å². The van der Waals surface area contributed by atoms with E-state index in [0.29, 0.717) is 17.9 Å². The molecule has 158 valence electrons. The second-order valence-corrected chi connectivity index (χ2v) is 8.76. The number of hydrogen-bond donors (Lipinski definition) is 1. The number of carbonyl (C=O) groups is 1. The fraction of sp³-hybridized carbons (Fsp3) is 0.381. The summed E-state index contributed by atoms with van der Waals surface area (Å²) in [7, 11) is 0. The molecule has 0 radical (unpaired) electrons. The number of fused-ring (bicyclic) bond motifs is 1. The number of aliphatic imine (C=N–C) groups is 1. The summed E-state index contributed by atoms with van der Waals surface area (Å²) in [6.07, 6.45) is 5.97. The quantitative estimate of drug-likeness (QED) is 0.578. The van der Waals surface area contributed by atoms with Gasteiger partial charge in [-0.2, -0.15) is 0 Å². The third kappa shape index (κ3) is 3.59. The molecular weight excluding hydrogens is 418 g/mol. The molecule has 0 spiro atoms. The molecule has 2 N–H and O–H groups in total. The molecule has 1 saturated carbocycles. The van der Waals surface area contributed by atoms with Crippen LogP contribution in [0.15, 0.2) is 28.1 Å². The van der Waals surface area contributed by atoms with E-state index in [1.54, 1.807) is 6.20 Å². The van der Waals surface area contributed by atoms with Crippen LogP contribution >= 0.6 is 11.6 Å². The molecule has 10 heteroatoms. The highest BCUT2D eigenvalue weighted by Crippen LogP contribution is 2.46. The van der Waals surface area contributed by atoms with Gasteiger partial charge >= 0.3 is 0 Å². The zero-order valence-electron chi connectivity index (χ0n) is 17.1. The van der Waals surface area contributed by atoms with Crippen LogP contribution in [0.2, 0.25) is 5.02 Å². The number of Topliss-reactive ketones (excluding diaryl/α,β-unsaturated/α-hetero) is 1. The third-order valence-corrected chi connectivity index (χ3v) is 6.23. The highest BCUT2D eigenvalue weighted by Gasteiger charge is 2.42. The molecule has 1 aliphatic heterocycles. The van der Waals surface area contributed by atoms with Crippen LogP contribution in [-0.2, 0) is 11.8 Å². The Morgan fingerprint density at radius 2 is 2.13 bits per heavy atom. The van der Waals surface area contributed by atoms with E-state index < -0.39 is 0 Å². The van der Waals surface area contributed by atoms with Crippen molar-refractivity contribution in [3.05, 3.63) is 52.3 Å². The number of nitrogen functional groups attached to an aromatic ring is 1. The largest absolute Gasteiger partial charge is 0.382 e. The average Bonchev–Trinajstić information content (AvgIpc) is 3.17. The summed E-state index contributed by atoms with van der Waals surface area (Å²) in [6, 6.07) is 1.81. The summed E-state index contributed by atoms with van der Waals surface area (Å²) >= 11 is 6.06. The van der Waals surface area contributed by atoms with Crippen molar-refractivity contribution in [1.82, 2.24) is 25.1 Å². The van der Waals surface area contributed by atoms with Crippen molar-refractivity contribution in [2.75, 3.05) is 5.73 Å². The molecule has 1 atom stereocenters. The van der Waals surface area contributed by atoms with Gasteiger partial charge in [-0.15, -0.1) is 0 Å². The van der Waals surface area contributed by atoms with Crippen LogP contribution in [0.25, 0.3) is 0 Å². The Morgan fingerprint density at radius 1 is 1.32 bits per heavy atom. The van der Waals surface area contributed by atoms with E-state index in [1.807, 2.05) is 13.0 Å². The van der Waals surface area contributed by atoms with E-state index in [4.69, 9.17) is 26.8 Å². The first-order valence-corrected chi connectivity index (χ1v) is 10.4. The van der Waals surface area contributed by atoms with Crippen LogP contribution in [-0.4, -0.2) is 36.6 Å². The lowest BCUT2D eigenvalue weighted by Gasteiger charge is -2.07. The lowest BCUT2D eigenvalue weighted by atomic mass is 9.99. The third-order valence-electron chi connectivity index (χ3n) is 5.86. The van der Waals surface area contributed by atoms with Crippen LogP contribution in [0.5, 0.6) is 0 Å². The zero-order chi connectivity index (χ0) is 21.8. The molecule has 1 aliphatic carbocycles. The van der Waals surface area contributed by atoms with Crippen LogP contribution in [0.3, 0.4) is 0 Å². The molecule has 5 rings (SSSR count). The Balaban J connectivity index is 1.30. The van der Waals surface area contributed by atoms with Crippen LogP contribution in [0.4, 0.5) is 11.5 Å². The molecule has 2 aliphatic rings. The van der Waals surface area contributed by atoms with Crippen LogP contribution < -0.4 is 5.73 Å². The van der Waals surface area contributed by atoms with Gasteiger partial charge in [-0.05, 0) is 12.8 Å². The van der Waals surface area contributed by atoms with Crippen molar-refractivity contribution < 1.29 is 9.32 Å². The summed E-state index contributed by atoms with van der Waals surface area (Å²) in [5, 5.41) is 4.23. The lowest BCUT2D eigenvalue weighted by Crippen LogP contribution is -2.09. The summed E-state index contributed by atoms with van der Waals surface area (Å²) in [6.45, 7) is 4.06. The minimum Gasteiger partial charge on any atom is -0.382 e. The first-order valence-electron chi connectivity index (χ1n) is 10.0. The summed E-state index contributed by atoms with van der Waals surface area (Å²) in [4.78, 5) is 34.2. The Hall–Kier alpha value is -3.20. The molecule has 4 heterocycles. The number of hydrogen-bond acceptors (Lipinski definition) is 9. The first-order chi connectivity index (χ1) is 14.8. The molecule has 9 nitrogen and oxygen atoms in total. The zero-order valence-corrected chi connectivity index (χ0v) is 17.8. The predicted molar refractivity (Wildman–Crippen MR) is 114 cm³/mol. The fourth-order valence-corrected chi connectivity index (χ4v) is 3.74. The summed E-state index contributed by atoms with van der Waals surface area (Å²) in [5.41, 5.74) is 8.97. The average molecular weight is 438 g/mol. The molecule has 0 bridgehead atoms. The van der Waals surface area contributed by atoms with E-state index in [-0.39, 0.29) is 40.1 Å². The van der Waals surface area contributed by atoms with Gasteiger partial charge in [0.05, 0.1) is 17.6 Å². The van der Waals surface area contributed by atoms with Crippen LogP contribution in [0, 0.1) is 0 Å². The monoisotopic (exact) mass is 437 g/mol. The van der Waals surface area contributed by atoms with E-state index in [0.717, 1.165) is 35.8 Å². The van der Waals surface area contributed by atoms with Gasteiger partial charge in [-0.1, -0.05) is 30.6 Å². The molecule has 3 aromatic heterocycles. The number of carbonyl (C=O) groups excluding carboxylic acids is 1. The highest BCUT2D eigenvalue weighted by atomic mass is 35.5. The van der Waals surface area contributed by atoms with Crippen molar-refractivity contribution >= 4 is 34.6 Å². The molecule has 0 unspecified atom stereocenters. The normalized spacial score (nSPS) is 17.2. The maximum atomic E-state index is 12.6. The number of aromatic nitrogens is 5. The van der Waals surface area contributed by atoms with E-state index in [1.165, 1.54) is 6.33 Å². The second kappa shape index (κ2) is 7.19. The highest BCUT2D eigenvalue weighted by molar-refractivity contribution is 6.35. The number of halogens is 1. The Labute approximate surface area is 183 Å². The van der Waals surface area contributed by atoms with Crippen LogP contribution in [0.1, 0.15) is 72.5 Å². The minimum absolute atomic E-state index is 0.0663. The molecule has 0 saturated heterocycles. The number of nitrogens with two attached hydrogens (primary N) is 1. The SMILES string of the molecule is C[C@@H](CC(=O)c1ncnc(N)c1Cl)c1cc(C2=Nc3cnc(C4(C)CC4)nc3C2)no1. The van der Waals surface area contributed by atoms with E-state index in [9.17, 15) is 4.79 Å². The van der Waals surface area contributed by atoms with Gasteiger partial charge in [0.15, 0.2) is 5.78 Å². The van der Waals surface area contributed by atoms with Crippen molar-refractivity contribution in [3.63, 3.8) is 0 Å². The summed E-state index contributed by atoms with van der Waals surface area (Å²) < 4.78 is 5.51. The van der Waals surface area contributed by atoms with Gasteiger partial charge in [-0.25, -0.2) is 24.9 Å². The summed E-state index contributed by atoms with van der Waals surface area (Å²) in [5.74, 6) is 1.07. The van der Waals surface area contributed by atoms with Gasteiger partial charge in [0.25, 0.3) is 0 Å². The number of nitrogens with zero attached hydrogens (tertiary/aromatic N) is 6. The van der Waals surface area contributed by atoms with E-state index in [2.05, 4.69) is 32.0 Å². The Bertz CT molecular complexity index is 1230. The van der Waals surface area contributed by atoms with Gasteiger partial charge in [0.1, 0.15) is 45.8 Å². The molecule has 0 aromatic carbocycles. The first kappa shape index (κ1) is 19.7. The second-order valence-electron chi connectivity index (χ2n) is 8.39. The maximum absolute atomic E-state index is 12.6. The van der Waals surface area contributed by atoms with Crippen molar-refractivity contribution in [1.29, 1.82) is 0 Å². The molecular formula is C21H20ClN7O2. The van der Waals surface area contributed by atoms with Gasteiger partial charge in [0, 0.05) is 30.2 Å². The molecule has 31 heavy (non-hydrogen) atoms. The van der Waals surface area contributed by atoms with E-state index >= 15 is 0 Å². The number of rotatable bonds is 6. The van der Waals surface area contributed by atoms with Crippen molar-refractivity contribution in [2.45, 2.75) is 50.9 Å². The lowest BCUT2D eigenvalue weighted by molar-refractivity contribution is 0.0967. The fourth-order valence-electron chi connectivity index (χ4n) is 3.54. The standard InChI is InChI=1S/C21H20ClN7O2/c1-10(5-15(30)18-17(22)19(23)26-9-25-18)16-7-13(29-31-16)11-6-12-14(27-11)8-24-20(28-12)21(2)3-4-21/h7-10H,3-6H2,1-2H3,(H2,23,25,26)/t10-/m0/s1. The number of ketones is 1. The number of anilines is 1. The maximum Gasteiger partial charge on any atom is 0.183 e. The van der Waals surface area contributed by atoms with Gasteiger partial charge < -0.3 is 10.3 Å². The molecule has 0 amide bonds. The van der Waals surface area contributed by atoms with Crippen molar-refractivity contribution in [2.24, 2.45) is 4.99 Å². The smallest absolute Gasteiger partial charge is 0.183 e.